The number of sulfonamides is 1. The number of carbonyl (C=O) groups excluding carboxylic acids is 1. The molecular weight excluding hydrogens is 483 g/mol. The first kappa shape index (κ1) is 29.6. The Kier molecular flexibility index (Phi) is 12.3. The van der Waals surface area contributed by atoms with E-state index in [0.29, 0.717) is 38.4 Å². The van der Waals surface area contributed by atoms with Gasteiger partial charge in [0.05, 0.1) is 12.0 Å². The van der Waals surface area contributed by atoms with Crippen LogP contribution in [0.4, 0.5) is 13.2 Å². The molecule has 0 atom stereocenters. The van der Waals surface area contributed by atoms with E-state index in [1.807, 2.05) is 0 Å². The largest absolute Gasteiger partial charge is 0.497 e. The molecule has 1 aliphatic rings. The van der Waals surface area contributed by atoms with Crippen molar-refractivity contribution in [1.29, 1.82) is 0 Å². The predicted octanol–water partition coefficient (Wildman–Crippen LogP) is 1.18. The molecule has 0 radical (unpaired) electrons. The Morgan fingerprint density at radius 2 is 1.68 bits per heavy atom. The fraction of sp³-hybridized carbons (Fsp3) is 0.600. The lowest BCUT2D eigenvalue weighted by Crippen LogP contribution is -2.47. The molecule has 0 bridgehead atoms. The molecule has 1 aliphatic heterocycles. The number of rotatable bonds is 10. The first-order valence-electron chi connectivity index (χ1n) is 10.3. The highest BCUT2D eigenvalue weighted by molar-refractivity contribution is 7.89. The van der Waals surface area contributed by atoms with Gasteiger partial charge in [0, 0.05) is 59.4 Å². The number of nitrogens with zero attached hydrogens (tertiary/aromatic N) is 2. The average Bonchev–Trinajstić information content (AvgIpc) is 2.81. The lowest BCUT2D eigenvalue weighted by atomic mass is 10.3. The summed E-state index contributed by atoms with van der Waals surface area (Å²) in [7, 11) is -0.584. The molecule has 0 aromatic heterocycles. The van der Waals surface area contributed by atoms with E-state index in [2.05, 4.69) is 5.32 Å². The summed E-state index contributed by atoms with van der Waals surface area (Å²) in [6.07, 6.45) is -4.35. The Balaban J connectivity index is 0.000000718. The van der Waals surface area contributed by atoms with E-state index >= 15 is 0 Å². The highest BCUT2D eigenvalue weighted by Gasteiger charge is 2.38. The molecule has 1 heterocycles. The van der Waals surface area contributed by atoms with Crippen LogP contribution in [0.25, 0.3) is 0 Å². The van der Waals surface area contributed by atoms with Gasteiger partial charge in [0.1, 0.15) is 5.75 Å². The van der Waals surface area contributed by atoms with E-state index in [1.54, 1.807) is 24.1 Å². The molecule has 2 N–H and O–H groups in total. The van der Waals surface area contributed by atoms with Crippen molar-refractivity contribution in [3.05, 3.63) is 24.3 Å². The number of amides is 1. The van der Waals surface area contributed by atoms with Gasteiger partial charge in [-0.2, -0.15) is 17.5 Å². The fourth-order valence-electron chi connectivity index (χ4n) is 2.93. The van der Waals surface area contributed by atoms with Gasteiger partial charge in [-0.15, -0.1) is 0 Å². The number of aliphatic carboxylic acids is 1. The summed E-state index contributed by atoms with van der Waals surface area (Å²) >= 11 is 0. The molecule has 14 heteroatoms. The van der Waals surface area contributed by atoms with E-state index in [0.717, 1.165) is 13.1 Å². The number of alkyl halides is 3. The topological polar surface area (TPSA) is 125 Å². The van der Waals surface area contributed by atoms with Crippen molar-refractivity contribution in [2.75, 3.05) is 60.1 Å². The van der Waals surface area contributed by atoms with Crippen LogP contribution in [0, 0.1) is 0 Å². The van der Waals surface area contributed by atoms with E-state index in [4.69, 9.17) is 19.4 Å². The number of nitrogens with one attached hydrogen (secondary N) is 1. The molecule has 1 aromatic rings. The summed E-state index contributed by atoms with van der Waals surface area (Å²) in [6.45, 7) is 3.78. The highest BCUT2D eigenvalue weighted by atomic mass is 32.2. The summed E-state index contributed by atoms with van der Waals surface area (Å²) in [5.41, 5.74) is 0. The van der Waals surface area contributed by atoms with Crippen molar-refractivity contribution in [3.8, 4) is 5.75 Å². The predicted molar refractivity (Wildman–Crippen MR) is 116 cm³/mol. The molecule has 1 amide bonds. The van der Waals surface area contributed by atoms with Crippen molar-refractivity contribution in [3.63, 3.8) is 0 Å². The second kappa shape index (κ2) is 14.1. The van der Waals surface area contributed by atoms with Crippen LogP contribution < -0.4 is 10.1 Å². The zero-order valence-corrected chi connectivity index (χ0v) is 19.8. The SMILES string of the molecule is COCCCN(CCC(=O)N1CCNCC1)S(=O)(=O)c1ccc(OC)cc1.O=C(O)C(F)(F)F. The monoisotopic (exact) mass is 513 g/mol. The van der Waals surface area contributed by atoms with E-state index < -0.39 is 22.2 Å². The number of methoxy groups -OCH3 is 2. The van der Waals surface area contributed by atoms with Gasteiger partial charge in [0.2, 0.25) is 15.9 Å². The second-order valence-corrected chi connectivity index (χ2v) is 9.05. The zero-order chi connectivity index (χ0) is 25.8. The van der Waals surface area contributed by atoms with Crippen molar-refractivity contribution in [2.24, 2.45) is 0 Å². The summed E-state index contributed by atoms with van der Waals surface area (Å²) < 4.78 is 69.3. The molecule has 194 valence electrons. The molecule has 10 nitrogen and oxygen atoms in total. The van der Waals surface area contributed by atoms with Crippen molar-refractivity contribution in [1.82, 2.24) is 14.5 Å². The van der Waals surface area contributed by atoms with Gasteiger partial charge >= 0.3 is 12.1 Å². The van der Waals surface area contributed by atoms with Crippen LogP contribution in [-0.4, -0.2) is 101 Å². The molecule has 1 aromatic carbocycles. The van der Waals surface area contributed by atoms with Crippen LogP contribution in [-0.2, 0) is 24.3 Å². The van der Waals surface area contributed by atoms with Crippen molar-refractivity contribution >= 4 is 21.9 Å². The summed E-state index contributed by atoms with van der Waals surface area (Å²) in [4.78, 5) is 23.3. The zero-order valence-electron chi connectivity index (χ0n) is 19.0. The lowest BCUT2D eigenvalue weighted by Gasteiger charge is -2.29. The van der Waals surface area contributed by atoms with Crippen LogP contribution in [0.15, 0.2) is 29.2 Å². The minimum Gasteiger partial charge on any atom is -0.497 e. The van der Waals surface area contributed by atoms with Gasteiger partial charge in [-0.1, -0.05) is 0 Å². The van der Waals surface area contributed by atoms with Crippen molar-refractivity contribution in [2.45, 2.75) is 23.9 Å². The van der Waals surface area contributed by atoms with Gasteiger partial charge in [0.15, 0.2) is 0 Å². The Hall–Kier alpha value is -2.42. The molecule has 0 spiro atoms. The number of ether oxygens (including phenoxy) is 2. The molecule has 0 aliphatic carbocycles. The number of benzene rings is 1. The van der Waals surface area contributed by atoms with E-state index in [1.165, 1.54) is 23.5 Å². The minimum atomic E-state index is -5.08. The molecule has 34 heavy (non-hydrogen) atoms. The van der Waals surface area contributed by atoms with Crippen LogP contribution in [0.3, 0.4) is 0 Å². The number of carbonyl (C=O) groups is 2. The molecule has 0 saturated carbocycles. The minimum absolute atomic E-state index is 0.0156. The smallest absolute Gasteiger partial charge is 0.490 e. The van der Waals surface area contributed by atoms with Crippen LogP contribution in [0.2, 0.25) is 0 Å². The van der Waals surface area contributed by atoms with Crippen LogP contribution in [0.1, 0.15) is 12.8 Å². The lowest BCUT2D eigenvalue weighted by molar-refractivity contribution is -0.192. The summed E-state index contributed by atoms with van der Waals surface area (Å²) in [6, 6.07) is 6.28. The third kappa shape index (κ3) is 9.83. The third-order valence-electron chi connectivity index (χ3n) is 4.74. The third-order valence-corrected chi connectivity index (χ3v) is 6.65. The number of hydrogen-bond acceptors (Lipinski definition) is 7. The molecular formula is C20H30F3N3O7S. The molecule has 1 fully saturated rings. The number of piperazine rings is 1. The standard InChI is InChI=1S/C18H29N3O5S.C2HF3O2/c1-25-15-3-11-21(12-8-18(22)20-13-9-19-10-14-20)27(23,24)17-6-4-16(26-2)5-7-17;3-2(4,5)1(6)7/h4-7,19H,3,8-15H2,1-2H3;(H,6,7). The van der Waals surface area contributed by atoms with Gasteiger partial charge in [-0.05, 0) is 30.7 Å². The van der Waals surface area contributed by atoms with Gasteiger partial charge < -0.3 is 24.8 Å². The Morgan fingerprint density at radius 3 is 2.15 bits per heavy atom. The molecule has 0 unspecified atom stereocenters. The van der Waals surface area contributed by atoms with E-state index in [-0.39, 0.29) is 23.8 Å². The van der Waals surface area contributed by atoms with Gasteiger partial charge in [-0.25, -0.2) is 13.2 Å². The number of carboxylic acids is 1. The normalized spacial score (nSPS) is 14.4. The molecule has 1 saturated heterocycles. The first-order valence-corrected chi connectivity index (χ1v) is 11.8. The summed E-state index contributed by atoms with van der Waals surface area (Å²) in [5.74, 6) is -2.18. The first-order chi connectivity index (χ1) is 15.9. The summed E-state index contributed by atoms with van der Waals surface area (Å²) in [5, 5.41) is 10.3. The number of carboxylic acid groups (broad SMARTS) is 1. The second-order valence-electron chi connectivity index (χ2n) is 7.11. The number of hydrogen-bond donors (Lipinski definition) is 2. The quantitative estimate of drug-likeness (QED) is 0.447. The van der Waals surface area contributed by atoms with Gasteiger partial charge in [-0.3, -0.25) is 4.79 Å². The van der Waals surface area contributed by atoms with Crippen LogP contribution in [0.5, 0.6) is 5.75 Å². The molecule has 2 rings (SSSR count). The number of halogens is 3. The Morgan fingerprint density at radius 1 is 1.12 bits per heavy atom. The maximum Gasteiger partial charge on any atom is 0.490 e. The fourth-order valence-corrected chi connectivity index (χ4v) is 4.41. The Labute approximate surface area is 196 Å². The van der Waals surface area contributed by atoms with Crippen molar-refractivity contribution < 1.29 is 45.8 Å². The van der Waals surface area contributed by atoms with Gasteiger partial charge in [0.25, 0.3) is 0 Å². The van der Waals surface area contributed by atoms with E-state index in [9.17, 15) is 26.4 Å². The average molecular weight is 514 g/mol. The highest BCUT2D eigenvalue weighted by Crippen LogP contribution is 2.20. The van der Waals surface area contributed by atoms with Crippen LogP contribution >= 0.6 is 0 Å². The Bertz CT molecular complexity index is 874. The maximum atomic E-state index is 13.0. The maximum absolute atomic E-state index is 13.0.